The number of nitrogens with two attached hydrogens (primary N) is 1. The normalized spacial score (nSPS) is 15.8. The maximum absolute atomic E-state index is 13.5. The molecule has 0 radical (unpaired) electrons. The molecule has 21 heavy (non-hydrogen) atoms. The molecule has 3 rings (SSSR count). The first-order valence-corrected chi connectivity index (χ1v) is 9.11. The van der Waals surface area contributed by atoms with E-state index in [1.807, 2.05) is 29.2 Å². The van der Waals surface area contributed by atoms with Crippen LogP contribution in [0.2, 0.25) is 5.02 Å². The Labute approximate surface area is 136 Å². The average Bonchev–Trinajstić information content (AvgIpc) is 2.92. The van der Waals surface area contributed by atoms with E-state index in [0.29, 0.717) is 6.42 Å². The van der Waals surface area contributed by atoms with Gasteiger partial charge < -0.3 is 0 Å². The Morgan fingerprint density at radius 1 is 1.38 bits per heavy atom. The van der Waals surface area contributed by atoms with Crippen LogP contribution in [-0.2, 0) is 18.6 Å². The molecule has 1 aromatic heterocycles. The van der Waals surface area contributed by atoms with Crippen LogP contribution in [0.25, 0.3) is 0 Å². The van der Waals surface area contributed by atoms with Crippen molar-refractivity contribution in [3.05, 3.63) is 56.0 Å². The molecule has 6 heteroatoms. The van der Waals surface area contributed by atoms with Gasteiger partial charge in [0.1, 0.15) is 5.82 Å². The molecule has 1 aliphatic rings. The molecule has 0 saturated carbocycles. The van der Waals surface area contributed by atoms with E-state index in [9.17, 15) is 4.39 Å². The second kappa shape index (κ2) is 6.67. The number of hydrazine groups is 1. The Balaban J connectivity index is 1.81. The van der Waals surface area contributed by atoms with Gasteiger partial charge in [-0.1, -0.05) is 17.7 Å². The molecule has 0 aliphatic carbocycles. The Hall–Kier alpha value is -0.590. The summed E-state index contributed by atoms with van der Waals surface area (Å²) in [6, 6.07) is 7.17. The number of nitrogens with one attached hydrogen (secondary N) is 1. The summed E-state index contributed by atoms with van der Waals surface area (Å²) in [5, 5.41) is 0.152. The monoisotopic (exact) mass is 342 g/mol. The number of thioether (sulfide) groups is 1. The minimum Gasteiger partial charge on any atom is -0.271 e. The van der Waals surface area contributed by atoms with Gasteiger partial charge in [-0.2, -0.15) is 11.8 Å². The van der Waals surface area contributed by atoms with E-state index in [1.54, 1.807) is 6.07 Å². The summed E-state index contributed by atoms with van der Waals surface area (Å²) in [5.41, 5.74) is 5.17. The molecule has 1 atom stereocenters. The molecule has 2 nitrogen and oxygen atoms in total. The van der Waals surface area contributed by atoms with Gasteiger partial charge in [-0.05, 0) is 47.9 Å². The van der Waals surface area contributed by atoms with Crippen LogP contribution in [0, 0.1) is 5.82 Å². The van der Waals surface area contributed by atoms with Crippen molar-refractivity contribution in [3.8, 4) is 0 Å². The lowest BCUT2D eigenvalue weighted by Gasteiger charge is -2.14. The fraction of sp³-hybridized carbons (Fsp3) is 0.333. The third kappa shape index (κ3) is 3.43. The van der Waals surface area contributed by atoms with E-state index in [2.05, 4.69) is 11.5 Å². The minimum atomic E-state index is -0.383. The van der Waals surface area contributed by atoms with Gasteiger partial charge in [0, 0.05) is 15.5 Å². The highest BCUT2D eigenvalue weighted by atomic mass is 35.5. The molecule has 0 bridgehead atoms. The highest BCUT2D eigenvalue weighted by molar-refractivity contribution is 7.98. The summed E-state index contributed by atoms with van der Waals surface area (Å²) >= 11 is 9.51. The van der Waals surface area contributed by atoms with Crippen LogP contribution in [-0.4, -0.2) is 5.75 Å². The van der Waals surface area contributed by atoms with E-state index in [0.717, 1.165) is 17.7 Å². The van der Waals surface area contributed by atoms with Crippen molar-refractivity contribution in [1.82, 2.24) is 5.43 Å². The predicted molar refractivity (Wildman–Crippen MR) is 89.4 cm³/mol. The van der Waals surface area contributed by atoms with Crippen LogP contribution in [0.4, 0.5) is 4.39 Å². The molecule has 0 spiro atoms. The molecule has 1 aliphatic heterocycles. The highest BCUT2D eigenvalue weighted by Crippen LogP contribution is 2.35. The zero-order valence-electron chi connectivity index (χ0n) is 11.4. The Morgan fingerprint density at radius 2 is 2.24 bits per heavy atom. The summed E-state index contributed by atoms with van der Waals surface area (Å²) < 4.78 is 13.5. The first kappa shape index (κ1) is 15.3. The Kier molecular flexibility index (Phi) is 4.86. The number of hydrogen-bond donors (Lipinski definition) is 2. The van der Waals surface area contributed by atoms with Crippen LogP contribution >= 0.6 is 34.7 Å². The van der Waals surface area contributed by atoms with Gasteiger partial charge in [-0.3, -0.25) is 11.3 Å². The third-order valence-corrected chi connectivity index (χ3v) is 6.28. The Bertz CT molecular complexity index is 621. The second-order valence-electron chi connectivity index (χ2n) is 5.07. The summed E-state index contributed by atoms with van der Waals surface area (Å²) in [4.78, 5) is 2.69. The van der Waals surface area contributed by atoms with Crippen LogP contribution in [0.5, 0.6) is 0 Å². The zero-order chi connectivity index (χ0) is 14.8. The van der Waals surface area contributed by atoms with Gasteiger partial charge in [0.05, 0.1) is 11.1 Å². The van der Waals surface area contributed by atoms with E-state index in [-0.39, 0.29) is 16.9 Å². The lowest BCUT2D eigenvalue weighted by molar-refractivity contribution is 0.556. The number of hydrogen-bond acceptors (Lipinski definition) is 4. The number of halogens is 2. The molecule has 0 fully saturated rings. The maximum Gasteiger partial charge on any atom is 0.142 e. The highest BCUT2D eigenvalue weighted by Gasteiger charge is 2.19. The molecule has 2 heterocycles. The van der Waals surface area contributed by atoms with Crippen LogP contribution in [0.15, 0.2) is 24.3 Å². The van der Waals surface area contributed by atoms with Crippen LogP contribution in [0.1, 0.15) is 26.9 Å². The SMILES string of the molecule is NNC(Cc1ccc(Cl)c(F)c1)c1cc2c(s1)CCSC2. The first-order valence-electron chi connectivity index (χ1n) is 6.76. The molecule has 112 valence electrons. The maximum atomic E-state index is 13.5. The fourth-order valence-electron chi connectivity index (χ4n) is 2.49. The largest absolute Gasteiger partial charge is 0.271 e. The van der Waals surface area contributed by atoms with Gasteiger partial charge in [-0.15, -0.1) is 11.3 Å². The van der Waals surface area contributed by atoms with Gasteiger partial charge in [0.25, 0.3) is 0 Å². The van der Waals surface area contributed by atoms with Crippen molar-refractivity contribution in [2.75, 3.05) is 5.75 Å². The van der Waals surface area contributed by atoms with Crippen molar-refractivity contribution in [1.29, 1.82) is 0 Å². The lowest BCUT2D eigenvalue weighted by Crippen LogP contribution is -2.29. The van der Waals surface area contributed by atoms with Gasteiger partial charge in [0.15, 0.2) is 0 Å². The van der Waals surface area contributed by atoms with Gasteiger partial charge >= 0.3 is 0 Å². The van der Waals surface area contributed by atoms with E-state index >= 15 is 0 Å². The molecule has 3 N–H and O–H groups in total. The number of fused-ring (bicyclic) bond motifs is 1. The van der Waals surface area contributed by atoms with Crippen molar-refractivity contribution >= 4 is 34.7 Å². The topological polar surface area (TPSA) is 38.0 Å². The molecule has 0 amide bonds. The summed E-state index contributed by atoms with van der Waals surface area (Å²) in [6.45, 7) is 0. The predicted octanol–water partition coefficient (Wildman–Crippen LogP) is 4.08. The average molecular weight is 343 g/mol. The second-order valence-corrected chi connectivity index (χ2v) is 7.75. The van der Waals surface area contributed by atoms with Gasteiger partial charge in [0.2, 0.25) is 0 Å². The molecule has 1 aromatic carbocycles. The summed E-state index contributed by atoms with van der Waals surface area (Å²) in [5.74, 6) is 7.60. The Morgan fingerprint density at radius 3 is 2.95 bits per heavy atom. The quantitative estimate of drug-likeness (QED) is 0.649. The van der Waals surface area contributed by atoms with Crippen LogP contribution in [0.3, 0.4) is 0 Å². The third-order valence-electron chi connectivity index (χ3n) is 3.62. The summed E-state index contributed by atoms with van der Waals surface area (Å²) in [6.07, 6.45) is 1.79. The number of rotatable bonds is 4. The molecule has 0 saturated heterocycles. The van der Waals surface area contributed by atoms with Crippen molar-refractivity contribution < 1.29 is 4.39 Å². The smallest absolute Gasteiger partial charge is 0.142 e. The number of thiophene rings is 1. The number of benzene rings is 1. The zero-order valence-corrected chi connectivity index (χ0v) is 13.8. The van der Waals surface area contributed by atoms with E-state index < -0.39 is 0 Å². The van der Waals surface area contributed by atoms with E-state index in [4.69, 9.17) is 17.4 Å². The molecular weight excluding hydrogens is 327 g/mol. The fourth-order valence-corrected chi connectivity index (χ4v) is 5.04. The van der Waals surface area contributed by atoms with Crippen molar-refractivity contribution in [3.63, 3.8) is 0 Å². The molecule has 1 unspecified atom stereocenters. The minimum absolute atomic E-state index is 0.00572. The molecule has 2 aromatic rings. The number of aryl methyl sites for hydroxylation is 1. The standard InChI is InChI=1S/C15H16ClFN2S2/c16-11-2-1-9(5-12(11)17)6-13(19-18)15-7-10-8-20-4-3-14(10)21-15/h1-2,5,7,13,19H,3-4,6,8,18H2. The molecular formula is C15H16ClFN2S2. The van der Waals surface area contributed by atoms with Gasteiger partial charge in [-0.25, -0.2) is 4.39 Å². The lowest BCUT2D eigenvalue weighted by atomic mass is 10.0. The first-order chi connectivity index (χ1) is 10.2. The van der Waals surface area contributed by atoms with Crippen molar-refractivity contribution in [2.45, 2.75) is 24.6 Å². The van der Waals surface area contributed by atoms with Crippen molar-refractivity contribution in [2.24, 2.45) is 5.84 Å². The summed E-state index contributed by atoms with van der Waals surface area (Å²) in [7, 11) is 0. The van der Waals surface area contributed by atoms with E-state index in [1.165, 1.54) is 27.1 Å². The van der Waals surface area contributed by atoms with Crippen LogP contribution < -0.4 is 11.3 Å².